The lowest BCUT2D eigenvalue weighted by molar-refractivity contribution is -0.141. The molecule has 0 spiro atoms. The molecule has 0 aliphatic carbocycles. The van der Waals surface area contributed by atoms with Gasteiger partial charge in [-0.3, -0.25) is 4.98 Å². The lowest BCUT2D eigenvalue weighted by Gasteiger charge is -2.11. The van der Waals surface area contributed by atoms with Crippen molar-refractivity contribution in [1.82, 2.24) is 4.98 Å². The molecule has 0 saturated heterocycles. The van der Waals surface area contributed by atoms with E-state index in [-0.39, 0.29) is 0 Å². The molecule has 2 nitrogen and oxygen atoms in total. The highest BCUT2D eigenvalue weighted by molar-refractivity contribution is 5.37. The Morgan fingerprint density at radius 2 is 1.68 bits per heavy atom. The molecule has 0 N–H and O–H groups in total. The Labute approximate surface area is 108 Å². The molecular formula is C14H9F3N2. The van der Waals surface area contributed by atoms with Crippen LogP contribution in [0.25, 0.3) is 0 Å². The van der Waals surface area contributed by atoms with Crippen LogP contribution in [0.1, 0.15) is 22.7 Å². The smallest absolute Gasteiger partial charge is 0.251 e. The summed E-state index contributed by atoms with van der Waals surface area (Å²) in [7, 11) is 0. The van der Waals surface area contributed by atoms with Crippen LogP contribution in [-0.2, 0) is 6.18 Å². The molecule has 1 aromatic heterocycles. The van der Waals surface area contributed by atoms with Gasteiger partial charge in [0.05, 0.1) is 12.0 Å². The summed E-state index contributed by atoms with van der Waals surface area (Å²) in [5, 5.41) is 9.16. The second-order valence-corrected chi connectivity index (χ2v) is 3.95. The first kappa shape index (κ1) is 13.1. The molecule has 1 heterocycles. The van der Waals surface area contributed by atoms with Crippen LogP contribution in [0.4, 0.5) is 13.2 Å². The van der Waals surface area contributed by atoms with Crippen LogP contribution >= 0.6 is 0 Å². The number of aromatic nitrogens is 1. The number of pyridine rings is 1. The van der Waals surface area contributed by atoms with E-state index in [2.05, 4.69) is 11.1 Å². The second-order valence-electron chi connectivity index (χ2n) is 3.95. The van der Waals surface area contributed by atoms with E-state index in [0.29, 0.717) is 5.56 Å². The molecule has 0 bridgehead atoms. The van der Waals surface area contributed by atoms with E-state index in [1.165, 1.54) is 6.07 Å². The van der Waals surface area contributed by atoms with Gasteiger partial charge in [0, 0.05) is 6.20 Å². The van der Waals surface area contributed by atoms with Gasteiger partial charge in [-0.1, -0.05) is 36.4 Å². The Morgan fingerprint density at radius 1 is 1.00 bits per heavy atom. The predicted molar refractivity (Wildman–Crippen MR) is 63.1 cm³/mol. The number of benzene rings is 1. The fraction of sp³-hybridized carbons (Fsp3) is 0.143. The quantitative estimate of drug-likeness (QED) is 0.826. The minimum Gasteiger partial charge on any atom is -0.251 e. The number of halogens is 3. The predicted octanol–water partition coefficient (Wildman–Crippen LogP) is 3.76. The van der Waals surface area contributed by atoms with Gasteiger partial charge in [0.25, 0.3) is 0 Å². The van der Waals surface area contributed by atoms with E-state index in [1.54, 1.807) is 24.3 Å². The molecule has 1 atom stereocenters. The van der Waals surface area contributed by atoms with Crippen LogP contribution in [0, 0.1) is 11.3 Å². The van der Waals surface area contributed by atoms with Crippen LogP contribution in [0.2, 0.25) is 0 Å². The fourth-order valence-corrected chi connectivity index (χ4v) is 1.73. The molecule has 0 amide bonds. The van der Waals surface area contributed by atoms with Crippen LogP contribution < -0.4 is 0 Å². The van der Waals surface area contributed by atoms with Gasteiger partial charge in [-0.25, -0.2) is 0 Å². The Balaban J connectivity index is 2.34. The number of hydrogen-bond acceptors (Lipinski definition) is 2. The van der Waals surface area contributed by atoms with E-state index in [1.807, 2.05) is 6.07 Å². The van der Waals surface area contributed by atoms with E-state index < -0.39 is 17.8 Å². The van der Waals surface area contributed by atoms with Gasteiger partial charge in [-0.2, -0.15) is 18.4 Å². The molecule has 2 rings (SSSR count). The highest BCUT2D eigenvalue weighted by Crippen LogP contribution is 2.29. The summed E-state index contributed by atoms with van der Waals surface area (Å²) in [5.74, 6) is -0.615. The number of nitriles is 1. The fourth-order valence-electron chi connectivity index (χ4n) is 1.73. The Hall–Kier alpha value is -2.35. The summed E-state index contributed by atoms with van der Waals surface area (Å²) < 4.78 is 37.2. The molecule has 96 valence electrons. The SMILES string of the molecule is N#CC(c1ccccc1)c1ccc(C(F)(F)F)nc1. The minimum atomic E-state index is -4.46. The molecule has 2 aromatic rings. The van der Waals surface area contributed by atoms with Crippen molar-refractivity contribution in [2.45, 2.75) is 12.1 Å². The summed E-state index contributed by atoms with van der Waals surface area (Å²) in [6.07, 6.45) is -3.36. The first-order chi connectivity index (χ1) is 9.02. The molecule has 0 aliphatic heterocycles. The number of hydrogen-bond donors (Lipinski definition) is 0. The van der Waals surface area contributed by atoms with Crippen molar-refractivity contribution in [3.8, 4) is 6.07 Å². The molecule has 0 radical (unpaired) electrons. The first-order valence-corrected chi connectivity index (χ1v) is 5.50. The Morgan fingerprint density at radius 3 is 2.16 bits per heavy atom. The number of rotatable bonds is 2. The molecule has 0 saturated carbocycles. The third-order valence-electron chi connectivity index (χ3n) is 2.67. The standard InChI is InChI=1S/C14H9F3N2/c15-14(16,17)13-7-6-11(9-19-13)12(8-18)10-4-2-1-3-5-10/h1-7,9,12H. The molecular weight excluding hydrogens is 253 g/mol. The first-order valence-electron chi connectivity index (χ1n) is 5.50. The third kappa shape index (κ3) is 2.91. The highest BCUT2D eigenvalue weighted by atomic mass is 19.4. The average Bonchev–Trinajstić information content (AvgIpc) is 2.40. The van der Waals surface area contributed by atoms with Gasteiger partial charge in [-0.05, 0) is 17.2 Å². The Bertz CT molecular complexity index is 583. The molecule has 0 aliphatic rings. The van der Waals surface area contributed by atoms with E-state index in [0.717, 1.165) is 17.8 Å². The van der Waals surface area contributed by atoms with Gasteiger partial charge in [0.15, 0.2) is 0 Å². The molecule has 1 unspecified atom stereocenters. The van der Waals surface area contributed by atoms with E-state index >= 15 is 0 Å². The lowest BCUT2D eigenvalue weighted by atomic mass is 9.94. The largest absolute Gasteiger partial charge is 0.433 e. The van der Waals surface area contributed by atoms with Crippen molar-refractivity contribution in [2.75, 3.05) is 0 Å². The summed E-state index contributed by atoms with van der Waals surface area (Å²) in [5.41, 5.74) is 0.217. The highest BCUT2D eigenvalue weighted by Gasteiger charge is 2.32. The van der Waals surface area contributed by atoms with E-state index in [4.69, 9.17) is 5.26 Å². The zero-order valence-electron chi connectivity index (χ0n) is 9.72. The zero-order valence-corrected chi connectivity index (χ0v) is 9.72. The van der Waals surface area contributed by atoms with Crippen LogP contribution in [0.5, 0.6) is 0 Å². The third-order valence-corrected chi connectivity index (χ3v) is 2.67. The van der Waals surface area contributed by atoms with Crippen LogP contribution in [-0.4, -0.2) is 4.98 Å². The van der Waals surface area contributed by atoms with Gasteiger partial charge < -0.3 is 0 Å². The number of alkyl halides is 3. The second kappa shape index (κ2) is 5.11. The van der Waals surface area contributed by atoms with Gasteiger partial charge in [-0.15, -0.1) is 0 Å². The van der Waals surface area contributed by atoms with E-state index in [9.17, 15) is 13.2 Å². The number of nitrogens with zero attached hydrogens (tertiary/aromatic N) is 2. The van der Waals surface area contributed by atoms with Crippen molar-refractivity contribution in [3.05, 3.63) is 65.5 Å². The maximum absolute atomic E-state index is 12.4. The average molecular weight is 262 g/mol. The Kier molecular flexibility index (Phi) is 3.52. The molecule has 5 heteroatoms. The maximum atomic E-state index is 12.4. The lowest BCUT2D eigenvalue weighted by Crippen LogP contribution is -2.08. The van der Waals surface area contributed by atoms with Gasteiger partial charge in [0.1, 0.15) is 5.69 Å². The van der Waals surface area contributed by atoms with Crippen molar-refractivity contribution >= 4 is 0 Å². The molecule has 19 heavy (non-hydrogen) atoms. The monoisotopic (exact) mass is 262 g/mol. The minimum absolute atomic E-state index is 0.446. The van der Waals surface area contributed by atoms with Gasteiger partial charge >= 0.3 is 6.18 Å². The normalized spacial score (nSPS) is 12.7. The van der Waals surface area contributed by atoms with Crippen molar-refractivity contribution in [2.24, 2.45) is 0 Å². The van der Waals surface area contributed by atoms with Crippen molar-refractivity contribution in [1.29, 1.82) is 5.26 Å². The summed E-state index contributed by atoms with van der Waals surface area (Å²) in [4.78, 5) is 3.37. The molecule has 1 aromatic carbocycles. The maximum Gasteiger partial charge on any atom is 0.433 e. The summed E-state index contributed by atoms with van der Waals surface area (Å²) in [6, 6.07) is 13.1. The van der Waals surface area contributed by atoms with Crippen molar-refractivity contribution < 1.29 is 13.2 Å². The van der Waals surface area contributed by atoms with Crippen molar-refractivity contribution in [3.63, 3.8) is 0 Å². The topological polar surface area (TPSA) is 36.7 Å². The van der Waals surface area contributed by atoms with Crippen LogP contribution in [0.15, 0.2) is 48.7 Å². The summed E-state index contributed by atoms with van der Waals surface area (Å²) >= 11 is 0. The molecule has 0 fully saturated rings. The van der Waals surface area contributed by atoms with Gasteiger partial charge in [0.2, 0.25) is 0 Å². The zero-order chi connectivity index (χ0) is 13.9. The van der Waals surface area contributed by atoms with Crippen LogP contribution in [0.3, 0.4) is 0 Å². The summed E-state index contributed by atoms with van der Waals surface area (Å²) in [6.45, 7) is 0.